The number of ether oxygens (including phenoxy) is 1. The van der Waals surface area contributed by atoms with Crippen LogP contribution < -0.4 is 10.5 Å². The number of hydrogen-bond acceptors (Lipinski definition) is 5. The molecule has 0 bridgehead atoms. The molecule has 0 saturated carbocycles. The molecular weight excluding hydrogens is 262 g/mol. The number of hydrogen-bond donors (Lipinski definition) is 2. The van der Waals surface area contributed by atoms with Crippen molar-refractivity contribution in [3.63, 3.8) is 0 Å². The van der Waals surface area contributed by atoms with Crippen LogP contribution in [0.25, 0.3) is 0 Å². The smallest absolute Gasteiger partial charge is 0.270 e. The van der Waals surface area contributed by atoms with E-state index in [0.29, 0.717) is 12.4 Å². The van der Waals surface area contributed by atoms with Gasteiger partial charge in [-0.2, -0.15) is 0 Å². The van der Waals surface area contributed by atoms with Gasteiger partial charge in [0.25, 0.3) is 5.69 Å². The monoisotopic (exact) mass is 281 g/mol. The second kappa shape index (κ2) is 6.23. The standard InChI is InChI=1S/C13H19N3O4/c1-13(2,3)6-7-20-11-5-4-9(16(18)19)8-10(11)12(14)15-17/h4-5,8,17H,6-7H2,1-3H3,(H2,14,15). The molecule has 0 atom stereocenters. The van der Waals surface area contributed by atoms with Crippen LogP contribution in [-0.4, -0.2) is 22.6 Å². The van der Waals surface area contributed by atoms with Gasteiger partial charge in [0.1, 0.15) is 5.75 Å². The van der Waals surface area contributed by atoms with Crippen molar-refractivity contribution in [3.8, 4) is 5.75 Å². The fraction of sp³-hybridized carbons (Fsp3) is 0.462. The van der Waals surface area contributed by atoms with E-state index < -0.39 is 4.92 Å². The van der Waals surface area contributed by atoms with Crippen LogP contribution >= 0.6 is 0 Å². The van der Waals surface area contributed by atoms with Crippen molar-refractivity contribution in [1.29, 1.82) is 0 Å². The van der Waals surface area contributed by atoms with Crippen molar-refractivity contribution in [3.05, 3.63) is 33.9 Å². The Hall–Kier alpha value is -2.31. The highest BCUT2D eigenvalue weighted by atomic mass is 16.6. The molecule has 0 aliphatic rings. The summed E-state index contributed by atoms with van der Waals surface area (Å²) in [7, 11) is 0. The quantitative estimate of drug-likeness (QED) is 0.283. The van der Waals surface area contributed by atoms with Crippen molar-refractivity contribution < 1.29 is 14.9 Å². The number of non-ortho nitro benzene ring substituents is 1. The summed E-state index contributed by atoms with van der Waals surface area (Å²) in [6.07, 6.45) is 0.805. The molecule has 1 aromatic carbocycles. The van der Waals surface area contributed by atoms with Crippen LogP contribution in [-0.2, 0) is 0 Å². The Morgan fingerprint density at radius 1 is 1.50 bits per heavy atom. The third kappa shape index (κ3) is 4.42. The summed E-state index contributed by atoms with van der Waals surface area (Å²) < 4.78 is 5.58. The molecule has 7 heteroatoms. The third-order valence-corrected chi connectivity index (χ3v) is 2.67. The summed E-state index contributed by atoms with van der Waals surface area (Å²) in [6, 6.07) is 4.00. The fourth-order valence-electron chi connectivity index (χ4n) is 1.48. The predicted molar refractivity (Wildman–Crippen MR) is 75.2 cm³/mol. The van der Waals surface area contributed by atoms with Gasteiger partial charge in [-0.05, 0) is 17.9 Å². The van der Waals surface area contributed by atoms with Crippen molar-refractivity contribution in [2.24, 2.45) is 16.3 Å². The highest BCUT2D eigenvalue weighted by molar-refractivity contribution is 6.00. The largest absolute Gasteiger partial charge is 0.493 e. The summed E-state index contributed by atoms with van der Waals surface area (Å²) in [5, 5.41) is 22.3. The molecule has 0 aliphatic carbocycles. The molecule has 1 aromatic rings. The Morgan fingerprint density at radius 3 is 2.65 bits per heavy atom. The summed E-state index contributed by atoms with van der Waals surface area (Å²) in [4.78, 5) is 10.2. The zero-order valence-electron chi connectivity index (χ0n) is 11.8. The van der Waals surface area contributed by atoms with E-state index in [9.17, 15) is 10.1 Å². The Bertz CT molecular complexity index is 521. The second-order valence-electron chi connectivity index (χ2n) is 5.58. The van der Waals surface area contributed by atoms with Crippen LogP contribution in [0.3, 0.4) is 0 Å². The number of oxime groups is 1. The summed E-state index contributed by atoms with van der Waals surface area (Å²) >= 11 is 0. The molecule has 0 radical (unpaired) electrons. The van der Waals surface area contributed by atoms with E-state index in [1.165, 1.54) is 18.2 Å². The molecule has 1 rings (SSSR count). The first-order chi connectivity index (χ1) is 9.24. The Balaban J connectivity index is 2.98. The van der Waals surface area contributed by atoms with Gasteiger partial charge in [-0.25, -0.2) is 0 Å². The minimum Gasteiger partial charge on any atom is -0.493 e. The SMILES string of the molecule is CC(C)(C)CCOc1ccc([N+](=O)[O-])cc1C(N)=NO. The summed E-state index contributed by atoms with van der Waals surface area (Å²) in [5.41, 5.74) is 5.69. The van der Waals surface area contributed by atoms with E-state index in [2.05, 4.69) is 25.9 Å². The van der Waals surface area contributed by atoms with Crippen molar-refractivity contribution in [1.82, 2.24) is 0 Å². The molecule has 0 aliphatic heterocycles. The van der Waals surface area contributed by atoms with Crippen molar-refractivity contribution >= 4 is 11.5 Å². The lowest BCUT2D eigenvalue weighted by molar-refractivity contribution is -0.384. The zero-order valence-corrected chi connectivity index (χ0v) is 11.8. The number of nitro benzene ring substituents is 1. The van der Waals surface area contributed by atoms with Crippen LogP contribution in [0.15, 0.2) is 23.4 Å². The molecule has 0 spiro atoms. The lowest BCUT2D eigenvalue weighted by atomic mass is 9.93. The van der Waals surface area contributed by atoms with Gasteiger partial charge in [0.2, 0.25) is 0 Å². The summed E-state index contributed by atoms with van der Waals surface area (Å²) in [6.45, 7) is 6.68. The number of rotatable bonds is 5. The first-order valence-electron chi connectivity index (χ1n) is 6.14. The van der Waals surface area contributed by atoms with Gasteiger partial charge in [-0.3, -0.25) is 10.1 Å². The van der Waals surface area contributed by atoms with Crippen LogP contribution in [0.2, 0.25) is 0 Å². The Labute approximate surface area is 117 Å². The van der Waals surface area contributed by atoms with Gasteiger partial charge >= 0.3 is 0 Å². The number of nitrogens with two attached hydrogens (primary N) is 1. The Kier molecular flexibility index (Phi) is 4.90. The maximum atomic E-state index is 10.7. The molecule has 0 unspecified atom stereocenters. The molecule has 110 valence electrons. The lowest BCUT2D eigenvalue weighted by Crippen LogP contribution is -2.17. The molecule has 0 aromatic heterocycles. The molecule has 7 nitrogen and oxygen atoms in total. The van der Waals surface area contributed by atoms with E-state index in [4.69, 9.17) is 15.7 Å². The van der Waals surface area contributed by atoms with Gasteiger partial charge in [-0.1, -0.05) is 25.9 Å². The van der Waals surface area contributed by atoms with E-state index in [1.54, 1.807) is 0 Å². The summed E-state index contributed by atoms with van der Waals surface area (Å²) in [5.74, 6) is 0.134. The normalized spacial score (nSPS) is 12.2. The zero-order chi connectivity index (χ0) is 15.3. The number of amidine groups is 1. The molecule has 0 amide bonds. The number of nitro groups is 1. The maximum Gasteiger partial charge on any atom is 0.270 e. The highest BCUT2D eigenvalue weighted by Gasteiger charge is 2.16. The molecule has 20 heavy (non-hydrogen) atoms. The van der Waals surface area contributed by atoms with Gasteiger partial charge in [-0.15, -0.1) is 0 Å². The third-order valence-electron chi connectivity index (χ3n) is 2.67. The minimum atomic E-state index is -0.549. The van der Waals surface area contributed by atoms with Crippen LogP contribution in [0.5, 0.6) is 5.75 Å². The average molecular weight is 281 g/mol. The van der Waals surface area contributed by atoms with Gasteiger partial charge in [0.05, 0.1) is 17.1 Å². The lowest BCUT2D eigenvalue weighted by Gasteiger charge is -2.18. The van der Waals surface area contributed by atoms with Gasteiger partial charge < -0.3 is 15.7 Å². The van der Waals surface area contributed by atoms with Gasteiger partial charge in [0.15, 0.2) is 5.84 Å². The molecule has 0 heterocycles. The highest BCUT2D eigenvalue weighted by Crippen LogP contribution is 2.25. The Morgan fingerprint density at radius 2 is 2.15 bits per heavy atom. The molecular formula is C13H19N3O4. The predicted octanol–water partition coefficient (Wildman–Crippen LogP) is 2.50. The van der Waals surface area contributed by atoms with E-state index in [1.807, 2.05) is 0 Å². The molecule has 0 saturated heterocycles. The van der Waals surface area contributed by atoms with Crippen molar-refractivity contribution in [2.75, 3.05) is 6.61 Å². The van der Waals surface area contributed by atoms with Crippen molar-refractivity contribution in [2.45, 2.75) is 27.2 Å². The molecule has 0 fully saturated rings. The second-order valence-corrected chi connectivity index (χ2v) is 5.58. The van der Waals surface area contributed by atoms with Crippen LogP contribution in [0.1, 0.15) is 32.8 Å². The maximum absolute atomic E-state index is 10.7. The van der Waals surface area contributed by atoms with E-state index in [-0.39, 0.29) is 22.5 Å². The van der Waals surface area contributed by atoms with Crippen LogP contribution in [0.4, 0.5) is 5.69 Å². The fourth-order valence-corrected chi connectivity index (χ4v) is 1.48. The van der Waals surface area contributed by atoms with E-state index >= 15 is 0 Å². The first-order valence-corrected chi connectivity index (χ1v) is 6.14. The van der Waals surface area contributed by atoms with E-state index in [0.717, 1.165) is 6.42 Å². The van der Waals surface area contributed by atoms with Gasteiger partial charge in [0, 0.05) is 12.1 Å². The average Bonchev–Trinajstić information content (AvgIpc) is 2.36. The molecule has 3 N–H and O–H groups in total. The number of benzene rings is 1. The topological polar surface area (TPSA) is 111 Å². The number of nitrogens with zero attached hydrogens (tertiary/aromatic N) is 2. The first kappa shape index (κ1) is 15.7. The minimum absolute atomic E-state index is 0.109. The van der Waals surface area contributed by atoms with Crippen LogP contribution in [0, 0.1) is 15.5 Å².